The summed E-state index contributed by atoms with van der Waals surface area (Å²) < 4.78 is 12.4. The number of quaternary nitrogens is 1. The molecule has 134 valence electrons. The van der Waals surface area contributed by atoms with Crippen molar-refractivity contribution in [2.75, 3.05) is 6.73 Å². The molecule has 0 saturated heterocycles. The van der Waals surface area contributed by atoms with E-state index in [2.05, 4.69) is 12.1 Å². The maximum Gasteiger partial charge on any atom is 0.222 e. The van der Waals surface area contributed by atoms with Gasteiger partial charge in [0.1, 0.15) is 23.6 Å². The average Bonchev–Trinajstić information content (AvgIpc) is 3.29. The molecular weight excluding hydrogens is 326 g/mol. The molecule has 1 atom stereocenters. The van der Waals surface area contributed by atoms with Crippen LogP contribution in [0.4, 0.5) is 0 Å². The third-order valence-corrected chi connectivity index (χ3v) is 6.17. The van der Waals surface area contributed by atoms with Crippen molar-refractivity contribution in [1.29, 1.82) is 0 Å². The monoisotopic (exact) mass is 350 g/mol. The van der Waals surface area contributed by atoms with Crippen molar-refractivity contribution in [2.24, 2.45) is 0 Å². The van der Waals surface area contributed by atoms with E-state index in [0.717, 1.165) is 45.2 Å². The molecule has 1 N–H and O–H groups in total. The van der Waals surface area contributed by atoms with E-state index in [0.29, 0.717) is 18.5 Å². The summed E-state index contributed by atoms with van der Waals surface area (Å²) in [5.41, 5.74) is 2.70. The number of ketones is 1. The van der Waals surface area contributed by atoms with E-state index in [1.807, 2.05) is 19.1 Å². The Labute approximate surface area is 152 Å². The maximum atomic E-state index is 12.4. The van der Waals surface area contributed by atoms with Gasteiger partial charge in [0.25, 0.3) is 0 Å². The van der Waals surface area contributed by atoms with Crippen molar-refractivity contribution in [1.82, 2.24) is 0 Å². The molecule has 1 aromatic heterocycles. The van der Waals surface area contributed by atoms with E-state index >= 15 is 0 Å². The van der Waals surface area contributed by atoms with E-state index in [1.165, 1.54) is 30.6 Å². The molecule has 0 amide bonds. The number of Topliss-reactive ketones (excluding diaryl/α,β-unsaturated/α-hetero) is 1. The molecule has 26 heavy (non-hydrogen) atoms. The van der Waals surface area contributed by atoms with Crippen molar-refractivity contribution in [3.63, 3.8) is 0 Å². The molecule has 2 aromatic carbocycles. The highest BCUT2D eigenvalue weighted by Crippen LogP contribution is 2.42. The number of hydrogen-bond acceptors (Lipinski definition) is 3. The Morgan fingerprint density at radius 1 is 1.15 bits per heavy atom. The van der Waals surface area contributed by atoms with Crippen molar-refractivity contribution in [3.8, 4) is 5.75 Å². The average molecular weight is 350 g/mol. The smallest absolute Gasteiger partial charge is 0.222 e. The van der Waals surface area contributed by atoms with Crippen LogP contribution in [0.1, 0.15) is 54.3 Å². The minimum atomic E-state index is 0.0618. The first-order valence-electron chi connectivity index (χ1n) is 9.60. The topological polar surface area (TPSA) is 43.9 Å². The molecule has 1 fully saturated rings. The van der Waals surface area contributed by atoms with E-state index in [1.54, 1.807) is 6.92 Å². The van der Waals surface area contributed by atoms with Gasteiger partial charge >= 0.3 is 0 Å². The Kier molecular flexibility index (Phi) is 3.57. The largest absolute Gasteiger partial charge is 0.460 e. The van der Waals surface area contributed by atoms with Crippen LogP contribution < -0.4 is 9.64 Å². The van der Waals surface area contributed by atoms with Gasteiger partial charge in [-0.1, -0.05) is 24.3 Å². The van der Waals surface area contributed by atoms with Crippen LogP contribution in [-0.4, -0.2) is 18.6 Å². The fourth-order valence-corrected chi connectivity index (χ4v) is 4.97. The lowest BCUT2D eigenvalue weighted by Crippen LogP contribution is -3.15. The molecule has 2 heterocycles. The third-order valence-electron chi connectivity index (χ3n) is 6.17. The molecule has 0 radical (unpaired) electrons. The Morgan fingerprint density at radius 2 is 1.88 bits per heavy atom. The van der Waals surface area contributed by atoms with Crippen LogP contribution in [-0.2, 0) is 6.54 Å². The Morgan fingerprint density at radius 3 is 2.62 bits per heavy atom. The van der Waals surface area contributed by atoms with Crippen molar-refractivity contribution in [2.45, 2.75) is 52.1 Å². The van der Waals surface area contributed by atoms with Gasteiger partial charge in [-0.05, 0) is 39.5 Å². The van der Waals surface area contributed by atoms with Crippen LogP contribution in [0.2, 0.25) is 0 Å². The normalized spacial score (nSPS) is 20.5. The molecule has 3 aromatic rings. The van der Waals surface area contributed by atoms with E-state index in [9.17, 15) is 4.79 Å². The fraction of sp³-hybridized carbons (Fsp3) is 0.409. The molecule has 5 rings (SSSR count). The molecule has 1 aliphatic heterocycles. The SMILES string of the molecule is CC(=O)c1c(C)oc2c1c1c(c3ccccc32)OC[NH+](C2CCCC2)C1. The molecule has 0 bridgehead atoms. The first-order chi connectivity index (χ1) is 12.6. The fourth-order valence-electron chi connectivity index (χ4n) is 4.97. The van der Waals surface area contributed by atoms with Crippen LogP contribution in [0.3, 0.4) is 0 Å². The van der Waals surface area contributed by atoms with Gasteiger partial charge in [0.2, 0.25) is 6.73 Å². The summed E-state index contributed by atoms with van der Waals surface area (Å²) in [6, 6.07) is 8.87. The highest BCUT2D eigenvalue weighted by atomic mass is 16.5. The number of furan rings is 1. The van der Waals surface area contributed by atoms with Gasteiger partial charge in [0, 0.05) is 16.2 Å². The van der Waals surface area contributed by atoms with Gasteiger partial charge in [-0.3, -0.25) is 9.69 Å². The van der Waals surface area contributed by atoms with Crippen molar-refractivity contribution in [3.05, 3.63) is 41.2 Å². The zero-order valence-corrected chi connectivity index (χ0v) is 15.4. The summed E-state index contributed by atoms with van der Waals surface area (Å²) in [5.74, 6) is 1.71. The Bertz CT molecular complexity index is 1030. The van der Waals surface area contributed by atoms with Gasteiger partial charge in [-0.25, -0.2) is 0 Å². The first kappa shape index (κ1) is 15.9. The van der Waals surface area contributed by atoms with E-state index < -0.39 is 0 Å². The molecule has 1 saturated carbocycles. The Balaban J connectivity index is 1.80. The highest BCUT2D eigenvalue weighted by molar-refractivity contribution is 6.17. The van der Waals surface area contributed by atoms with Gasteiger partial charge in [0.15, 0.2) is 5.78 Å². The summed E-state index contributed by atoms with van der Waals surface area (Å²) in [6.07, 6.45) is 5.18. The quantitative estimate of drug-likeness (QED) is 0.716. The number of hydrogen-bond donors (Lipinski definition) is 1. The lowest BCUT2D eigenvalue weighted by Gasteiger charge is -2.31. The van der Waals surface area contributed by atoms with E-state index in [4.69, 9.17) is 9.15 Å². The summed E-state index contributed by atoms with van der Waals surface area (Å²) in [7, 11) is 0. The number of carbonyl (C=O) groups excluding carboxylic acids is 1. The lowest BCUT2D eigenvalue weighted by atomic mass is 9.95. The predicted molar refractivity (Wildman–Crippen MR) is 101 cm³/mol. The zero-order chi connectivity index (χ0) is 17.8. The molecular formula is C22H24NO3+. The zero-order valence-electron chi connectivity index (χ0n) is 15.4. The van der Waals surface area contributed by atoms with Crippen LogP contribution in [0.5, 0.6) is 5.75 Å². The number of rotatable bonds is 2. The number of carbonyl (C=O) groups is 1. The number of ether oxygens (including phenoxy) is 1. The van der Waals surface area contributed by atoms with Crippen molar-refractivity contribution < 1.29 is 18.8 Å². The molecule has 1 aliphatic carbocycles. The lowest BCUT2D eigenvalue weighted by molar-refractivity contribution is -0.955. The summed E-state index contributed by atoms with van der Waals surface area (Å²) in [5, 5.41) is 3.09. The van der Waals surface area contributed by atoms with Gasteiger partial charge in [-0.2, -0.15) is 0 Å². The molecule has 2 aliphatic rings. The van der Waals surface area contributed by atoms with Gasteiger partial charge < -0.3 is 9.15 Å². The molecule has 1 unspecified atom stereocenters. The molecule has 0 spiro atoms. The summed E-state index contributed by atoms with van der Waals surface area (Å²) in [6.45, 7) is 5.13. The first-order valence-corrected chi connectivity index (χ1v) is 9.60. The predicted octanol–water partition coefficient (Wildman–Crippen LogP) is 3.77. The van der Waals surface area contributed by atoms with E-state index in [-0.39, 0.29) is 5.78 Å². The van der Waals surface area contributed by atoms with Crippen LogP contribution >= 0.6 is 0 Å². The molecule has 4 heteroatoms. The summed E-state index contributed by atoms with van der Waals surface area (Å²) >= 11 is 0. The number of benzene rings is 2. The number of nitrogens with one attached hydrogen (secondary N) is 1. The minimum absolute atomic E-state index is 0.0618. The second-order valence-corrected chi connectivity index (χ2v) is 7.75. The van der Waals surface area contributed by atoms with Crippen LogP contribution in [0.25, 0.3) is 21.7 Å². The second-order valence-electron chi connectivity index (χ2n) is 7.75. The standard InChI is InChI=1S/C22H23NO3/c1-13(24)19-14(2)26-22-17-10-6-5-9-16(17)21-18(20(19)22)11-23(12-25-21)15-7-3-4-8-15/h5-6,9-10,15H,3-4,7-8,11-12H2,1-2H3/p+1. The minimum Gasteiger partial charge on any atom is -0.460 e. The number of aryl methyl sites for hydroxylation is 1. The highest BCUT2D eigenvalue weighted by Gasteiger charge is 2.34. The van der Waals surface area contributed by atoms with Crippen LogP contribution in [0, 0.1) is 6.92 Å². The van der Waals surface area contributed by atoms with Gasteiger partial charge in [0.05, 0.1) is 17.2 Å². The van der Waals surface area contributed by atoms with Gasteiger partial charge in [-0.15, -0.1) is 0 Å². The van der Waals surface area contributed by atoms with Crippen LogP contribution in [0.15, 0.2) is 28.7 Å². The third kappa shape index (κ3) is 2.21. The Hall–Kier alpha value is -2.33. The second kappa shape index (κ2) is 5.85. The number of fused-ring (bicyclic) bond motifs is 6. The maximum absolute atomic E-state index is 12.4. The summed E-state index contributed by atoms with van der Waals surface area (Å²) in [4.78, 5) is 13.9. The van der Waals surface area contributed by atoms with Crippen molar-refractivity contribution >= 4 is 27.5 Å². The molecule has 4 nitrogen and oxygen atoms in total.